The fourth-order valence-corrected chi connectivity index (χ4v) is 2.22. The zero-order valence-electron chi connectivity index (χ0n) is 6.65. The second-order valence-electron chi connectivity index (χ2n) is 2.17. The van der Waals surface area contributed by atoms with Gasteiger partial charge in [-0.3, -0.25) is 0 Å². The number of rotatable bonds is 5. The summed E-state index contributed by atoms with van der Waals surface area (Å²) in [5, 5.41) is 2.41. The van der Waals surface area contributed by atoms with E-state index >= 15 is 0 Å². The third-order valence-electron chi connectivity index (χ3n) is 1.01. The first-order valence-corrected chi connectivity index (χ1v) is 7.78. The topological polar surface area (TPSA) is 52.0 Å². The molecule has 0 spiro atoms. The molecule has 4 N–H and O–H groups in total. The minimum atomic E-state index is -0.146. The second-order valence-corrected chi connectivity index (χ2v) is 6.73. The van der Waals surface area contributed by atoms with Crippen molar-refractivity contribution in [1.82, 2.24) is 0 Å². The van der Waals surface area contributed by atoms with Crippen molar-refractivity contribution in [2.75, 3.05) is 0 Å². The Kier molecular flexibility index (Phi) is 7.25. The molecule has 0 atom stereocenters. The van der Waals surface area contributed by atoms with Gasteiger partial charge in [-0.2, -0.15) is 0 Å². The molecule has 0 fully saturated rings. The molecule has 0 saturated carbocycles. The van der Waals surface area contributed by atoms with Gasteiger partial charge in [0.05, 0.1) is 0 Å². The summed E-state index contributed by atoms with van der Waals surface area (Å²) >= 11 is -0.293. The Bertz CT molecular complexity index is 66.1. The normalized spacial score (nSPS) is 13.2. The van der Waals surface area contributed by atoms with Crippen LogP contribution in [0.5, 0.6) is 0 Å². The van der Waals surface area contributed by atoms with E-state index in [1.54, 1.807) is 0 Å². The van der Waals surface area contributed by atoms with Gasteiger partial charge in [0.15, 0.2) is 0 Å². The van der Waals surface area contributed by atoms with E-state index in [1.807, 2.05) is 0 Å². The summed E-state index contributed by atoms with van der Waals surface area (Å²) in [4.78, 5) is 11.3. The first-order chi connectivity index (χ1) is 4.63. The fourth-order valence-electron chi connectivity index (χ4n) is 0.538. The molecule has 0 rings (SSSR count). The van der Waals surface area contributed by atoms with Gasteiger partial charge in [0.2, 0.25) is 0 Å². The van der Waals surface area contributed by atoms with E-state index < -0.39 is 0 Å². The molecule has 0 radical (unpaired) electrons. The number of hydrogen-bond acceptors (Lipinski definition) is 2. The van der Waals surface area contributed by atoms with Crippen LogP contribution in [0.1, 0.15) is 12.8 Å². The molecule has 0 aliphatic heterocycles. The van der Waals surface area contributed by atoms with E-state index in [4.69, 9.17) is 9.56 Å². The van der Waals surface area contributed by atoms with E-state index in [9.17, 15) is 0 Å². The van der Waals surface area contributed by atoms with E-state index in [1.165, 1.54) is 23.6 Å². The van der Waals surface area contributed by atoms with Gasteiger partial charge in [-0.1, -0.05) is 0 Å². The molecular formula is C6H18Co2N2. The zero-order chi connectivity index (χ0) is 7.98. The number of unbranched alkanes of at least 4 members (excludes halogenated alkanes) is 1. The average molecular weight is 236 g/mol. The van der Waals surface area contributed by atoms with Crippen LogP contribution < -0.4 is 9.56 Å². The van der Waals surface area contributed by atoms with Gasteiger partial charge >= 0.3 is 72.6 Å². The van der Waals surface area contributed by atoms with E-state index in [0.29, 0.717) is 0 Å². The molecule has 2 nitrogen and oxygen atoms in total. The fraction of sp³-hybridized carbons (Fsp3) is 1.00. The maximum atomic E-state index is 5.65. The van der Waals surface area contributed by atoms with Gasteiger partial charge in [-0.15, -0.1) is 0 Å². The van der Waals surface area contributed by atoms with E-state index in [2.05, 4.69) is 11.7 Å². The first-order valence-electron chi connectivity index (χ1n) is 3.02. The SMILES string of the molecule is [CH3][Co]([NH2])[CH2]CC[CH2][Co]([CH3])[NH2]. The van der Waals surface area contributed by atoms with Gasteiger partial charge < -0.3 is 0 Å². The molecule has 0 aromatic carbocycles. The van der Waals surface area contributed by atoms with Crippen LogP contribution in [0.25, 0.3) is 0 Å². The molecule has 0 unspecified atom stereocenters. The molecule has 0 bridgehead atoms. The van der Waals surface area contributed by atoms with E-state index in [0.717, 1.165) is 0 Å². The maximum absolute atomic E-state index is 5.65. The van der Waals surface area contributed by atoms with Crippen LogP contribution in [0, 0.1) is 0 Å². The van der Waals surface area contributed by atoms with Crippen molar-refractivity contribution in [2.45, 2.75) is 35.3 Å². The first kappa shape index (κ1) is 10.9. The van der Waals surface area contributed by atoms with Gasteiger partial charge in [0.1, 0.15) is 0 Å². The predicted molar refractivity (Wildman–Crippen MR) is 39.0 cm³/mol. The van der Waals surface area contributed by atoms with Crippen LogP contribution >= 0.6 is 0 Å². The molecular weight excluding hydrogens is 218 g/mol. The van der Waals surface area contributed by atoms with Crippen LogP contribution in [0.4, 0.5) is 0 Å². The van der Waals surface area contributed by atoms with Crippen LogP contribution in [-0.2, 0) is 27.7 Å². The second kappa shape index (κ2) is 6.63. The third-order valence-corrected chi connectivity index (χ3v) is 3.39. The third kappa shape index (κ3) is 8.93. The Morgan fingerprint density at radius 3 is 1.40 bits per heavy atom. The molecule has 70 valence electrons. The monoisotopic (exact) mass is 236 g/mol. The summed E-state index contributed by atoms with van der Waals surface area (Å²) < 4.78 is 0. The molecule has 4 heteroatoms. The van der Waals surface area contributed by atoms with Crippen LogP contribution in [-0.4, -0.2) is 0 Å². The summed E-state index contributed by atoms with van der Waals surface area (Å²) in [6.45, 7) is 0. The molecule has 10 heavy (non-hydrogen) atoms. The van der Waals surface area contributed by atoms with Gasteiger partial charge in [0.25, 0.3) is 0 Å². The molecule has 0 aliphatic carbocycles. The van der Waals surface area contributed by atoms with Crippen LogP contribution in [0.3, 0.4) is 0 Å². The number of hydrogen-bond donors (Lipinski definition) is 2. The average Bonchev–Trinajstić information content (AvgIpc) is 1.79. The summed E-state index contributed by atoms with van der Waals surface area (Å²) in [6.07, 6.45) is 2.53. The molecule has 0 heterocycles. The van der Waals surface area contributed by atoms with Crippen molar-refractivity contribution < 1.29 is 27.7 Å². The standard InChI is InChI=1S/C4H8.2CH3.2Co.2H2N/c1-3-4-2;;;;;;/h1-4H2;2*1H3;;;2*1H2/q;;;2*+1;2*-1. The Morgan fingerprint density at radius 2 is 1.20 bits per heavy atom. The summed E-state index contributed by atoms with van der Waals surface area (Å²) in [7, 11) is 0. The Balaban J connectivity index is 2.91. The van der Waals surface area contributed by atoms with Crippen molar-refractivity contribution in [1.29, 1.82) is 0 Å². The molecule has 0 saturated heterocycles. The minimum absolute atomic E-state index is 0.146. The van der Waals surface area contributed by atoms with Gasteiger partial charge in [-0.05, 0) is 0 Å². The molecule has 0 aromatic heterocycles. The summed E-state index contributed by atoms with van der Waals surface area (Å²) in [5.41, 5.74) is 0. The molecule has 0 aromatic rings. The van der Waals surface area contributed by atoms with Crippen LogP contribution in [0.2, 0.25) is 22.4 Å². The molecule has 0 amide bonds. The van der Waals surface area contributed by atoms with Crippen molar-refractivity contribution >= 4 is 0 Å². The van der Waals surface area contributed by atoms with Crippen molar-refractivity contribution in [3.63, 3.8) is 0 Å². The van der Waals surface area contributed by atoms with Crippen molar-refractivity contribution in [3.8, 4) is 0 Å². The zero-order valence-corrected chi connectivity index (χ0v) is 8.73. The van der Waals surface area contributed by atoms with E-state index in [-0.39, 0.29) is 27.7 Å². The van der Waals surface area contributed by atoms with Crippen molar-refractivity contribution in [2.24, 2.45) is 9.56 Å². The quantitative estimate of drug-likeness (QED) is 0.713. The predicted octanol–water partition coefficient (Wildman–Crippen LogP) is 1.68. The Morgan fingerprint density at radius 1 is 0.900 bits per heavy atom. The Hall–Kier alpha value is 0.933. The van der Waals surface area contributed by atoms with Crippen LogP contribution in [0.15, 0.2) is 0 Å². The summed E-state index contributed by atoms with van der Waals surface area (Å²) in [6, 6.07) is 0. The number of nitrogens with two attached hydrogens (primary N) is 2. The molecule has 0 aliphatic rings. The Labute approximate surface area is 72.7 Å². The van der Waals surface area contributed by atoms with Gasteiger partial charge in [0, 0.05) is 0 Å². The van der Waals surface area contributed by atoms with Crippen molar-refractivity contribution in [3.05, 3.63) is 0 Å². The van der Waals surface area contributed by atoms with Gasteiger partial charge in [-0.25, -0.2) is 0 Å². The summed E-state index contributed by atoms with van der Waals surface area (Å²) in [5.74, 6) is 4.23.